The van der Waals surface area contributed by atoms with Crippen LogP contribution in [0.2, 0.25) is 0 Å². The fraction of sp³-hybridized carbons (Fsp3) is 0.368. The molecule has 0 aliphatic carbocycles. The zero-order chi connectivity index (χ0) is 21.2. The molecule has 2 aromatic heterocycles. The number of nitrogens with zero attached hydrogens (tertiary/aromatic N) is 3. The molecule has 0 saturated heterocycles. The maximum Gasteiger partial charge on any atom is 0.412 e. The van der Waals surface area contributed by atoms with Crippen LogP contribution >= 0.6 is 11.3 Å². The van der Waals surface area contributed by atoms with Crippen molar-refractivity contribution >= 4 is 23.1 Å². The lowest BCUT2D eigenvalue weighted by atomic mass is 10.2. The fourth-order valence-electron chi connectivity index (χ4n) is 2.15. The molecule has 0 fully saturated rings. The van der Waals surface area contributed by atoms with Crippen LogP contribution in [0.1, 0.15) is 46.4 Å². The summed E-state index contributed by atoms with van der Waals surface area (Å²) in [5.74, 6) is 0.491. The Morgan fingerprint density at radius 2 is 2.03 bits per heavy atom. The molecule has 2 heterocycles. The predicted molar refractivity (Wildman–Crippen MR) is 106 cm³/mol. The average Bonchev–Trinajstić information content (AvgIpc) is 3.25. The Morgan fingerprint density at radius 3 is 2.66 bits per heavy atom. The highest BCUT2D eigenvalue weighted by Gasteiger charge is 2.18. The summed E-state index contributed by atoms with van der Waals surface area (Å²) in [6.07, 6.45) is -0.741. The van der Waals surface area contributed by atoms with Gasteiger partial charge in [-0.1, -0.05) is 25.2 Å². The largest absolute Gasteiger partial charge is 0.444 e. The predicted octanol–water partition coefficient (Wildman–Crippen LogP) is 5.59. The molecule has 1 aromatic carbocycles. The minimum absolute atomic E-state index is 0.0153. The summed E-state index contributed by atoms with van der Waals surface area (Å²) < 4.78 is 30.5. The molecule has 0 aliphatic rings. The number of halogens is 1. The number of carbonyl (C=O) groups is 1. The number of ether oxygens (including phenoxy) is 2. The van der Waals surface area contributed by atoms with E-state index in [1.807, 2.05) is 13.8 Å². The van der Waals surface area contributed by atoms with Gasteiger partial charge in [-0.05, 0) is 32.9 Å². The molecular weight excluding hydrogens is 399 g/mol. The van der Waals surface area contributed by atoms with Crippen LogP contribution in [-0.2, 0) is 4.74 Å². The van der Waals surface area contributed by atoms with Crippen molar-refractivity contribution in [1.82, 2.24) is 15.2 Å². The van der Waals surface area contributed by atoms with E-state index >= 15 is 0 Å². The first-order chi connectivity index (χ1) is 13.6. The van der Waals surface area contributed by atoms with Crippen molar-refractivity contribution in [2.24, 2.45) is 0 Å². The Balaban J connectivity index is 1.67. The third kappa shape index (κ3) is 5.50. The number of rotatable bonds is 5. The molecule has 0 bridgehead atoms. The Labute approximate surface area is 171 Å². The summed E-state index contributed by atoms with van der Waals surface area (Å²) >= 11 is 1.21. The van der Waals surface area contributed by atoms with Gasteiger partial charge in [-0.2, -0.15) is 4.98 Å². The maximum atomic E-state index is 14.3. The smallest absolute Gasteiger partial charge is 0.412 e. The molecule has 29 heavy (non-hydrogen) atoms. The molecule has 3 aromatic rings. The first-order valence-electron chi connectivity index (χ1n) is 8.87. The lowest BCUT2D eigenvalue weighted by molar-refractivity contribution is 0.0635. The highest BCUT2D eigenvalue weighted by atomic mass is 32.1. The summed E-state index contributed by atoms with van der Waals surface area (Å²) in [6.45, 7) is 9.06. The van der Waals surface area contributed by atoms with Crippen LogP contribution in [0.4, 0.5) is 14.9 Å². The minimum Gasteiger partial charge on any atom is -0.444 e. The first-order valence-corrected chi connectivity index (χ1v) is 9.75. The lowest BCUT2D eigenvalue weighted by Gasteiger charge is -2.19. The van der Waals surface area contributed by atoms with E-state index in [0.717, 1.165) is 6.07 Å². The van der Waals surface area contributed by atoms with E-state index in [2.05, 4.69) is 20.5 Å². The van der Waals surface area contributed by atoms with Crippen LogP contribution < -0.4 is 10.1 Å². The summed E-state index contributed by atoms with van der Waals surface area (Å²) in [6, 6.07) is 4.05. The van der Waals surface area contributed by atoms with E-state index in [9.17, 15) is 9.18 Å². The monoisotopic (exact) mass is 420 g/mol. The van der Waals surface area contributed by atoms with Gasteiger partial charge in [0.2, 0.25) is 5.89 Å². The third-order valence-electron chi connectivity index (χ3n) is 3.42. The van der Waals surface area contributed by atoms with Gasteiger partial charge in [0.1, 0.15) is 17.0 Å². The third-order valence-corrected chi connectivity index (χ3v) is 4.14. The van der Waals surface area contributed by atoms with E-state index in [1.165, 1.54) is 23.5 Å². The number of benzene rings is 1. The molecule has 0 spiro atoms. The highest BCUT2D eigenvalue weighted by Crippen LogP contribution is 2.31. The van der Waals surface area contributed by atoms with Gasteiger partial charge < -0.3 is 13.9 Å². The fourth-order valence-corrected chi connectivity index (χ4v) is 2.81. The zero-order valence-electron chi connectivity index (χ0n) is 16.6. The van der Waals surface area contributed by atoms with E-state index in [-0.39, 0.29) is 22.5 Å². The SMILES string of the molecule is CC(C)c1nnc(-c2csc(Oc3ccc(NC(=O)OC(C)(C)C)c(F)c3)n2)o1. The van der Waals surface area contributed by atoms with Gasteiger partial charge in [0.05, 0.1) is 5.69 Å². The molecule has 0 saturated carbocycles. The number of nitrogens with one attached hydrogen (secondary N) is 1. The quantitative estimate of drug-likeness (QED) is 0.574. The van der Waals surface area contributed by atoms with Crippen molar-refractivity contribution in [3.8, 4) is 22.5 Å². The van der Waals surface area contributed by atoms with E-state index in [4.69, 9.17) is 13.9 Å². The molecule has 0 aliphatic heterocycles. The van der Waals surface area contributed by atoms with Gasteiger partial charge in [-0.3, -0.25) is 5.32 Å². The molecule has 0 radical (unpaired) electrons. The summed E-state index contributed by atoms with van der Waals surface area (Å²) in [5, 5.41) is 12.3. The van der Waals surface area contributed by atoms with Crippen LogP contribution in [0, 0.1) is 5.82 Å². The van der Waals surface area contributed by atoms with Crippen LogP contribution in [-0.4, -0.2) is 26.9 Å². The van der Waals surface area contributed by atoms with Crippen molar-refractivity contribution in [2.45, 2.75) is 46.1 Å². The number of carbonyl (C=O) groups excluding carboxylic acids is 1. The zero-order valence-corrected chi connectivity index (χ0v) is 17.5. The van der Waals surface area contributed by atoms with Crippen molar-refractivity contribution in [3.05, 3.63) is 35.3 Å². The van der Waals surface area contributed by atoms with Crippen LogP contribution in [0.25, 0.3) is 11.6 Å². The normalized spacial score (nSPS) is 11.6. The molecule has 1 amide bonds. The molecule has 1 N–H and O–H groups in total. The van der Waals surface area contributed by atoms with E-state index < -0.39 is 17.5 Å². The first kappa shape index (κ1) is 20.7. The molecule has 8 nitrogen and oxygen atoms in total. The van der Waals surface area contributed by atoms with E-state index in [0.29, 0.717) is 17.5 Å². The summed E-state index contributed by atoms with van der Waals surface area (Å²) in [5.41, 5.74) is -0.216. The topological polar surface area (TPSA) is 99.4 Å². The van der Waals surface area contributed by atoms with Gasteiger partial charge in [0, 0.05) is 17.4 Å². The number of thiazole rings is 1. The van der Waals surface area contributed by atoms with Gasteiger partial charge in [0.15, 0.2) is 5.82 Å². The summed E-state index contributed by atoms with van der Waals surface area (Å²) in [4.78, 5) is 16.1. The number of aromatic nitrogens is 3. The minimum atomic E-state index is -0.741. The maximum absolute atomic E-state index is 14.3. The average molecular weight is 420 g/mol. The number of amides is 1. The standard InChI is InChI=1S/C19H21FN4O4S/c1-10(2)15-23-24-16(27-15)14-9-29-18(22-14)26-11-6-7-13(12(20)8-11)21-17(25)28-19(3,4)5/h6-10H,1-5H3,(H,21,25). The van der Waals surface area contributed by atoms with Crippen LogP contribution in [0.15, 0.2) is 28.0 Å². The van der Waals surface area contributed by atoms with Gasteiger partial charge in [-0.15, -0.1) is 10.2 Å². The lowest BCUT2D eigenvalue weighted by Crippen LogP contribution is -2.27. The molecule has 10 heteroatoms. The number of hydrogen-bond donors (Lipinski definition) is 1. The van der Waals surface area contributed by atoms with E-state index in [1.54, 1.807) is 26.2 Å². The Bertz CT molecular complexity index is 1010. The van der Waals surface area contributed by atoms with Gasteiger partial charge >= 0.3 is 6.09 Å². The van der Waals surface area contributed by atoms with Crippen LogP contribution in [0.5, 0.6) is 10.9 Å². The van der Waals surface area contributed by atoms with Crippen LogP contribution in [0.3, 0.4) is 0 Å². The molecule has 0 atom stereocenters. The Hall–Kier alpha value is -3.01. The Morgan fingerprint density at radius 1 is 1.28 bits per heavy atom. The van der Waals surface area contributed by atoms with Gasteiger partial charge in [-0.25, -0.2) is 9.18 Å². The second-order valence-corrected chi connectivity index (χ2v) is 8.29. The molecule has 0 unspecified atom stereocenters. The molecule has 154 valence electrons. The van der Waals surface area contributed by atoms with Crippen molar-refractivity contribution in [2.75, 3.05) is 5.32 Å². The van der Waals surface area contributed by atoms with Crippen molar-refractivity contribution < 1.29 is 23.1 Å². The van der Waals surface area contributed by atoms with Gasteiger partial charge in [0.25, 0.3) is 11.1 Å². The van der Waals surface area contributed by atoms with Crippen molar-refractivity contribution in [3.63, 3.8) is 0 Å². The summed E-state index contributed by atoms with van der Waals surface area (Å²) in [7, 11) is 0. The molecule has 3 rings (SSSR count). The Kier molecular flexibility index (Phi) is 5.83. The number of anilines is 1. The molecular formula is C19H21FN4O4S. The number of hydrogen-bond acceptors (Lipinski definition) is 8. The second-order valence-electron chi connectivity index (χ2n) is 7.47. The van der Waals surface area contributed by atoms with Crippen molar-refractivity contribution in [1.29, 1.82) is 0 Å². The highest BCUT2D eigenvalue weighted by molar-refractivity contribution is 7.11. The second kappa shape index (κ2) is 8.16.